The smallest absolute Gasteiger partial charge is 0.258 e. The van der Waals surface area contributed by atoms with Crippen molar-refractivity contribution in [3.05, 3.63) is 83.0 Å². The number of halogens is 3. The van der Waals surface area contributed by atoms with Gasteiger partial charge in [-0.3, -0.25) is 4.79 Å². The van der Waals surface area contributed by atoms with Crippen molar-refractivity contribution in [2.75, 3.05) is 5.32 Å². The zero-order valence-corrected chi connectivity index (χ0v) is 14.2. The van der Waals surface area contributed by atoms with Gasteiger partial charge in [0, 0.05) is 22.2 Å². The molecule has 0 unspecified atom stereocenters. The summed E-state index contributed by atoms with van der Waals surface area (Å²) in [6, 6.07) is 13.2. The van der Waals surface area contributed by atoms with Gasteiger partial charge in [0.15, 0.2) is 0 Å². The number of amides is 1. The van der Waals surface area contributed by atoms with E-state index in [0.717, 1.165) is 11.0 Å². The third-order valence-electron chi connectivity index (χ3n) is 3.22. The van der Waals surface area contributed by atoms with Gasteiger partial charge >= 0.3 is 0 Å². The van der Waals surface area contributed by atoms with E-state index in [-0.39, 0.29) is 11.3 Å². The lowest BCUT2D eigenvalue weighted by molar-refractivity contribution is 0.102. The maximum Gasteiger partial charge on any atom is 0.258 e. The topological polar surface area (TPSA) is 42.0 Å². The van der Waals surface area contributed by atoms with Crippen LogP contribution < -0.4 is 5.32 Å². The van der Waals surface area contributed by atoms with Gasteiger partial charge in [-0.1, -0.05) is 23.4 Å². The van der Waals surface area contributed by atoms with Crippen molar-refractivity contribution in [1.29, 1.82) is 0 Å². The number of nitrogens with one attached hydrogen (secondary N) is 1. The Bertz CT molecular complexity index is 919. The highest BCUT2D eigenvalue weighted by Crippen LogP contribution is 2.30. The average Bonchev–Trinajstić information content (AvgIpc) is 2.60. The molecular weight excluding hydrogens is 366 g/mol. The summed E-state index contributed by atoms with van der Waals surface area (Å²) in [5, 5.41) is 3.50. The van der Waals surface area contributed by atoms with Gasteiger partial charge in [-0.2, -0.15) is 0 Å². The van der Waals surface area contributed by atoms with Crippen molar-refractivity contribution in [1.82, 2.24) is 4.98 Å². The van der Waals surface area contributed by atoms with Gasteiger partial charge in [0.25, 0.3) is 5.91 Å². The SMILES string of the molecule is O=C(Nc1ccc(F)cc1F)c1cccnc1Sc1ccc(Cl)cc1. The van der Waals surface area contributed by atoms with Crippen molar-refractivity contribution in [2.45, 2.75) is 9.92 Å². The Kier molecular flexibility index (Phi) is 5.31. The van der Waals surface area contributed by atoms with E-state index < -0.39 is 17.5 Å². The number of anilines is 1. The lowest BCUT2D eigenvalue weighted by Gasteiger charge is -2.10. The Hall–Kier alpha value is -2.44. The average molecular weight is 377 g/mol. The fourth-order valence-electron chi connectivity index (χ4n) is 2.04. The fraction of sp³-hybridized carbons (Fsp3) is 0. The first-order chi connectivity index (χ1) is 12.0. The zero-order valence-electron chi connectivity index (χ0n) is 12.7. The second-order valence-corrected chi connectivity index (χ2v) is 6.49. The van der Waals surface area contributed by atoms with Crippen LogP contribution in [-0.2, 0) is 0 Å². The molecule has 0 saturated heterocycles. The molecular formula is C18H11ClF2N2OS. The fourth-order valence-corrected chi connectivity index (χ4v) is 3.05. The van der Waals surface area contributed by atoms with Crippen molar-refractivity contribution in [3.63, 3.8) is 0 Å². The molecule has 1 heterocycles. The molecule has 1 aromatic heterocycles. The van der Waals surface area contributed by atoms with Crippen LogP contribution in [0.15, 0.2) is 70.7 Å². The molecule has 1 N–H and O–H groups in total. The lowest BCUT2D eigenvalue weighted by Crippen LogP contribution is -2.14. The van der Waals surface area contributed by atoms with Gasteiger partial charge in [-0.25, -0.2) is 13.8 Å². The maximum atomic E-state index is 13.7. The van der Waals surface area contributed by atoms with Gasteiger partial charge in [0.1, 0.15) is 16.7 Å². The van der Waals surface area contributed by atoms with E-state index in [1.165, 1.54) is 17.8 Å². The minimum absolute atomic E-state index is 0.0994. The zero-order chi connectivity index (χ0) is 17.8. The molecule has 0 aliphatic rings. The van der Waals surface area contributed by atoms with Crippen LogP contribution in [0.1, 0.15) is 10.4 Å². The predicted molar refractivity (Wildman–Crippen MR) is 94.1 cm³/mol. The largest absolute Gasteiger partial charge is 0.319 e. The number of benzene rings is 2. The van der Waals surface area contributed by atoms with Crippen LogP contribution in [-0.4, -0.2) is 10.9 Å². The summed E-state index contributed by atoms with van der Waals surface area (Å²) >= 11 is 7.15. The van der Waals surface area contributed by atoms with E-state index in [1.54, 1.807) is 30.5 Å². The summed E-state index contributed by atoms with van der Waals surface area (Å²) in [5.74, 6) is -2.09. The molecule has 0 atom stereocenters. The Balaban J connectivity index is 1.84. The molecule has 0 bridgehead atoms. The van der Waals surface area contributed by atoms with Gasteiger partial charge in [0.2, 0.25) is 0 Å². The number of hydrogen-bond acceptors (Lipinski definition) is 3. The highest BCUT2D eigenvalue weighted by atomic mass is 35.5. The molecule has 3 rings (SSSR count). The van der Waals surface area contributed by atoms with Crippen molar-refractivity contribution < 1.29 is 13.6 Å². The van der Waals surface area contributed by atoms with Gasteiger partial charge < -0.3 is 5.32 Å². The first-order valence-electron chi connectivity index (χ1n) is 7.18. The standard InChI is InChI=1S/C18H11ClF2N2OS/c19-11-3-6-13(7-4-11)25-18-14(2-1-9-22-18)17(24)23-16-8-5-12(20)10-15(16)21/h1-10H,(H,23,24). The molecule has 25 heavy (non-hydrogen) atoms. The normalized spacial score (nSPS) is 10.5. The van der Waals surface area contributed by atoms with E-state index in [2.05, 4.69) is 10.3 Å². The molecule has 0 aliphatic heterocycles. The second-order valence-electron chi connectivity index (χ2n) is 4.99. The molecule has 0 saturated carbocycles. The first kappa shape index (κ1) is 17.4. The van der Waals surface area contributed by atoms with E-state index in [0.29, 0.717) is 16.1 Å². The summed E-state index contributed by atoms with van der Waals surface area (Å²) in [6.07, 6.45) is 1.56. The predicted octanol–water partition coefficient (Wildman–Crippen LogP) is 5.42. The Morgan fingerprint density at radius 2 is 1.84 bits per heavy atom. The molecule has 3 aromatic rings. The molecule has 0 spiro atoms. The van der Waals surface area contributed by atoms with Crippen LogP contribution in [0.25, 0.3) is 0 Å². The van der Waals surface area contributed by atoms with Crippen LogP contribution in [0.3, 0.4) is 0 Å². The van der Waals surface area contributed by atoms with Gasteiger partial charge in [0.05, 0.1) is 11.3 Å². The minimum atomic E-state index is -0.843. The monoisotopic (exact) mass is 376 g/mol. The summed E-state index contributed by atoms with van der Waals surface area (Å²) < 4.78 is 26.7. The molecule has 0 aliphatic carbocycles. The maximum absolute atomic E-state index is 13.7. The van der Waals surface area contributed by atoms with Gasteiger partial charge in [-0.15, -0.1) is 0 Å². The molecule has 1 amide bonds. The molecule has 3 nitrogen and oxygen atoms in total. The molecule has 126 valence electrons. The number of rotatable bonds is 4. The summed E-state index contributed by atoms with van der Waals surface area (Å²) in [4.78, 5) is 17.5. The Morgan fingerprint density at radius 3 is 2.56 bits per heavy atom. The van der Waals surface area contributed by atoms with Crippen molar-refractivity contribution in [2.24, 2.45) is 0 Å². The first-order valence-corrected chi connectivity index (χ1v) is 8.37. The highest BCUT2D eigenvalue weighted by Gasteiger charge is 2.15. The molecule has 0 fully saturated rings. The number of hydrogen-bond donors (Lipinski definition) is 1. The quantitative estimate of drug-likeness (QED) is 0.661. The van der Waals surface area contributed by atoms with E-state index in [4.69, 9.17) is 11.6 Å². The van der Waals surface area contributed by atoms with Crippen LogP contribution >= 0.6 is 23.4 Å². The van der Waals surface area contributed by atoms with Crippen molar-refractivity contribution >= 4 is 35.0 Å². The van der Waals surface area contributed by atoms with Crippen LogP contribution in [0.5, 0.6) is 0 Å². The summed E-state index contributed by atoms with van der Waals surface area (Å²) in [5.41, 5.74) is 0.184. The number of aromatic nitrogens is 1. The molecule has 2 aromatic carbocycles. The molecule has 7 heteroatoms. The third kappa shape index (κ3) is 4.35. The number of carbonyl (C=O) groups is 1. The van der Waals surface area contributed by atoms with E-state index in [9.17, 15) is 13.6 Å². The summed E-state index contributed by atoms with van der Waals surface area (Å²) in [7, 11) is 0. The van der Waals surface area contributed by atoms with E-state index >= 15 is 0 Å². The minimum Gasteiger partial charge on any atom is -0.319 e. The van der Waals surface area contributed by atoms with Crippen LogP contribution in [0.4, 0.5) is 14.5 Å². The number of nitrogens with zero attached hydrogens (tertiary/aromatic N) is 1. The molecule has 0 radical (unpaired) electrons. The van der Waals surface area contributed by atoms with Gasteiger partial charge in [-0.05, 0) is 48.5 Å². The van der Waals surface area contributed by atoms with Crippen LogP contribution in [0, 0.1) is 11.6 Å². The number of pyridine rings is 1. The third-order valence-corrected chi connectivity index (χ3v) is 4.50. The Labute approximate surface area is 152 Å². The van der Waals surface area contributed by atoms with Crippen LogP contribution in [0.2, 0.25) is 5.02 Å². The second kappa shape index (κ2) is 7.63. The van der Waals surface area contributed by atoms with E-state index in [1.807, 2.05) is 12.1 Å². The lowest BCUT2D eigenvalue weighted by atomic mass is 10.2. The summed E-state index contributed by atoms with van der Waals surface area (Å²) in [6.45, 7) is 0. The van der Waals surface area contributed by atoms with Crippen molar-refractivity contribution in [3.8, 4) is 0 Å². The number of carbonyl (C=O) groups excluding carboxylic acids is 1. The Morgan fingerprint density at radius 1 is 1.08 bits per heavy atom. The highest BCUT2D eigenvalue weighted by molar-refractivity contribution is 7.99.